The highest BCUT2D eigenvalue weighted by Crippen LogP contribution is 2.24. The van der Waals surface area contributed by atoms with E-state index in [1.54, 1.807) is 0 Å². The molecule has 1 aliphatic heterocycles. The zero-order valence-electron chi connectivity index (χ0n) is 13.9. The van der Waals surface area contributed by atoms with Gasteiger partial charge in [-0.3, -0.25) is 0 Å². The molecule has 2 atom stereocenters. The Bertz CT molecular complexity index is 518. The molecule has 22 heavy (non-hydrogen) atoms. The summed E-state index contributed by atoms with van der Waals surface area (Å²) in [4.78, 5) is 14.5. The van der Waals surface area contributed by atoms with Crippen LogP contribution in [-0.4, -0.2) is 24.0 Å². The molecule has 2 amide bonds. The summed E-state index contributed by atoms with van der Waals surface area (Å²) in [5.74, 6) is 1.30. The van der Waals surface area contributed by atoms with E-state index < -0.39 is 0 Å². The van der Waals surface area contributed by atoms with E-state index >= 15 is 0 Å². The third kappa shape index (κ3) is 4.64. The van der Waals surface area contributed by atoms with Crippen molar-refractivity contribution < 1.29 is 4.79 Å². The van der Waals surface area contributed by atoms with E-state index in [1.165, 1.54) is 12.8 Å². The standard InChI is InChI=1S/C18H27ClN2O/c1-4-15-7-5-13(2)9-10-21(12-15)18(22)20-16-8-6-14(3)17(19)11-16/h6,8,11,13,15H,4-5,7,9-10,12H2,1-3H3,(H,20,22). The molecule has 0 radical (unpaired) electrons. The van der Waals surface area contributed by atoms with Crippen LogP contribution in [0.2, 0.25) is 5.02 Å². The number of amides is 2. The van der Waals surface area contributed by atoms with Crippen LogP contribution < -0.4 is 5.32 Å². The topological polar surface area (TPSA) is 32.3 Å². The van der Waals surface area contributed by atoms with E-state index in [1.807, 2.05) is 30.0 Å². The molecule has 1 aliphatic rings. The van der Waals surface area contributed by atoms with Crippen molar-refractivity contribution in [2.75, 3.05) is 18.4 Å². The number of rotatable bonds is 2. The van der Waals surface area contributed by atoms with Gasteiger partial charge in [0.05, 0.1) is 0 Å². The number of aryl methyl sites for hydroxylation is 1. The van der Waals surface area contributed by atoms with Crippen molar-refractivity contribution >= 4 is 23.3 Å². The summed E-state index contributed by atoms with van der Waals surface area (Å²) in [5.41, 5.74) is 1.79. The number of halogens is 1. The Labute approximate surface area is 139 Å². The molecule has 1 aromatic rings. The van der Waals surface area contributed by atoms with Crippen molar-refractivity contribution in [3.05, 3.63) is 28.8 Å². The maximum atomic E-state index is 12.6. The third-order valence-corrected chi connectivity index (χ3v) is 5.13. The number of nitrogens with zero attached hydrogens (tertiary/aromatic N) is 1. The van der Waals surface area contributed by atoms with Gasteiger partial charge in [0.25, 0.3) is 0 Å². The maximum absolute atomic E-state index is 12.6. The monoisotopic (exact) mass is 322 g/mol. The van der Waals surface area contributed by atoms with E-state index in [4.69, 9.17) is 11.6 Å². The van der Waals surface area contributed by atoms with Crippen LogP contribution in [0.15, 0.2) is 18.2 Å². The van der Waals surface area contributed by atoms with Gasteiger partial charge in [0.2, 0.25) is 0 Å². The fourth-order valence-corrected chi connectivity index (χ4v) is 3.11. The largest absolute Gasteiger partial charge is 0.324 e. The van der Waals surface area contributed by atoms with Gasteiger partial charge < -0.3 is 10.2 Å². The van der Waals surface area contributed by atoms with Gasteiger partial charge in [-0.2, -0.15) is 0 Å². The predicted octanol–water partition coefficient (Wildman–Crippen LogP) is 5.33. The lowest BCUT2D eigenvalue weighted by atomic mass is 9.90. The summed E-state index contributed by atoms with van der Waals surface area (Å²) in [6, 6.07) is 5.65. The van der Waals surface area contributed by atoms with Crippen molar-refractivity contribution in [2.24, 2.45) is 11.8 Å². The van der Waals surface area contributed by atoms with Crippen LogP contribution in [-0.2, 0) is 0 Å². The van der Waals surface area contributed by atoms with Gasteiger partial charge in [0.15, 0.2) is 0 Å². The maximum Gasteiger partial charge on any atom is 0.321 e. The summed E-state index contributed by atoms with van der Waals surface area (Å²) in [5, 5.41) is 3.68. The molecule has 122 valence electrons. The molecule has 0 spiro atoms. The number of urea groups is 1. The Balaban J connectivity index is 2.03. The summed E-state index contributed by atoms with van der Waals surface area (Å²) < 4.78 is 0. The van der Waals surface area contributed by atoms with Crippen molar-refractivity contribution in [3.63, 3.8) is 0 Å². The molecule has 2 unspecified atom stereocenters. The summed E-state index contributed by atoms with van der Waals surface area (Å²) in [7, 11) is 0. The van der Waals surface area contributed by atoms with Gasteiger partial charge in [-0.25, -0.2) is 4.79 Å². The number of hydrogen-bond donors (Lipinski definition) is 1. The smallest absolute Gasteiger partial charge is 0.321 e. The highest BCUT2D eigenvalue weighted by Gasteiger charge is 2.22. The van der Waals surface area contributed by atoms with Crippen LogP contribution in [0.25, 0.3) is 0 Å². The van der Waals surface area contributed by atoms with Crippen molar-refractivity contribution in [1.29, 1.82) is 0 Å². The SMILES string of the molecule is CCC1CCC(C)CCN(C(=O)Nc2ccc(C)c(Cl)c2)C1. The molecular weight excluding hydrogens is 296 g/mol. The Morgan fingerprint density at radius 3 is 2.82 bits per heavy atom. The highest BCUT2D eigenvalue weighted by atomic mass is 35.5. The van der Waals surface area contributed by atoms with Gasteiger partial charge >= 0.3 is 6.03 Å². The number of hydrogen-bond acceptors (Lipinski definition) is 1. The number of anilines is 1. The summed E-state index contributed by atoms with van der Waals surface area (Å²) in [6.07, 6.45) is 4.71. The average molecular weight is 323 g/mol. The highest BCUT2D eigenvalue weighted by molar-refractivity contribution is 6.31. The van der Waals surface area contributed by atoms with Crippen LogP contribution in [0.1, 0.15) is 45.1 Å². The second kappa shape index (κ2) is 7.87. The Hall–Kier alpha value is -1.22. The average Bonchev–Trinajstić information content (AvgIpc) is 2.47. The van der Waals surface area contributed by atoms with E-state index in [2.05, 4.69) is 19.2 Å². The number of carbonyl (C=O) groups is 1. The van der Waals surface area contributed by atoms with Crippen LogP contribution >= 0.6 is 11.6 Å². The van der Waals surface area contributed by atoms with Gasteiger partial charge in [-0.1, -0.05) is 44.4 Å². The molecule has 1 N–H and O–H groups in total. The lowest BCUT2D eigenvalue weighted by Gasteiger charge is -2.31. The Morgan fingerprint density at radius 2 is 2.14 bits per heavy atom. The lowest BCUT2D eigenvalue weighted by molar-refractivity contribution is 0.179. The molecule has 1 saturated heterocycles. The second-order valence-corrected chi connectivity index (χ2v) is 6.99. The third-order valence-electron chi connectivity index (χ3n) is 4.73. The molecule has 2 rings (SSSR count). The number of carbonyl (C=O) groups excluding carboxylic acids is 1. The minimum absolute atomic E-state index is 0.00697. The first-order valence-electron chi connectivity index (χ1n) is 8.31. The first kappa shape index (κ1) is 17.1. The van der Waals surface area contributed by atoms with Crippen LogP contribution in [0.3, 0.4) is 0 Å². The normalized spacial score (nSPS) is 22.8. The van der Waals surface area contributed by atoms with E-state index in [0.717, 1.165) is 37.2 Å². The molecule has 3 nitrogen and oxygen atoms in total. The molecule has 1 fully saturated rings. The van der Waals surface area contributed by atoms with Crippen molar-refractivity contribution in [2.45, 2.75) is 46.5 Å². The fourth-order valence-electron chi connectivity index (χ4n) is 2.93. The minimum Gasteiger partial charge on any atom is -0.324 e. The molecule has 0 aliphatic carbocycles. The van der Waals surface area contributed by atoms with Gasteiger partial charge in [0, 0.05) is 23.8 Å². The van der Waals surface area contributed by atoms with E-state index in [0.29, 0.717) is 16.9 Å². The first-order valence-corrected chi connectivity index (χ1v) is 8.69. The van der Waals surface area contributed by atoms with Crippen LogP contribution in [0.5, 0.6) is 0 Å². The molecule has 4 heteroatoms. The van der Waals surface area contributed by atoms with Crippen LogP contribution in [0.4, 0.5) is 10.5 Å². The van der Waals surface area contributed by atoms with Gasteiger partial charge in [0.1, 0.15) is 0 Å². The molecule has 1 aromatic carbocycles. The zero-order valence-corrected chi connectivity index (χ0v) is 14.6. The Morgan fingerprint density at radius 1 is 1.36 bits per heavy atom. The quantitative estimate of drug-likeness (QED) is 0.784. The fraction of sp³-hybridized carbons (Fsp3) is 0.611. The van der Waals surface area contributed by atoms with Gasteiger partial charge in [-0.15, -0.1) is 0 Å². The number of benzene rings is 1. The summed E-state index contributed by atoms with van der Waals surface area (Å²) >= 11 is 6.13. The van der Waals surface area contributed by atoms with Crippen molar-refractivity contribution in [1.82, 2.24) is 4.90 Å². The number of nitrogens with one attached hydrogen (secondary N) is 1. The lowest BCUT2D eigenvalue weighted by Crippen LogP contribution is -2.40. The van der Waals surface area contributed by atoms with E-state index in [9.17, 15) is 4.79 Å². The predicted molar refractivity (Wildman–Crippen MR) is 93.6 cm³/mol. The van der Waals surface area contributed by atoms with Gasteiger partial charge in [-0.05, 0) is 49.3 Å². The van der Waals surface area contributed by atoms with Crippen LogP contribution in [0, 0.1) is 18.8 Å². The minimum atomic E-state index is -0.00697. The number of likely N-dealkylation sites (tertiary alicyclic amines) is 1. The Kier molecular flexibility index (Phi) is 6.13. The van der Waals surface area contributed by atoms with Crippen molar-refractivity contribution in [3.8, 4) is 0 Å². The molecule has 0 bridgehead atoms. The summed E-state index contributed by atoms with van der Waals surface area (Å²) in [6.45, 7) is 8.15. The van der Waals surface area contributed by atoms with E-state index in [-0.39, 0.29) is 6.03 Å². The molecule has 1 heterocycles. The molecule has 0 saturated carbocycles. The molecular formula is C18H27ClN2O. The second-order valence-electron chi connectivity index (χ2n) is 6.59. The first-order chi connectivity index (χ1) is 10.5. The molecule has 0 aromatic heterocycles. The zero-order chi connectivity index (χ0) is 16.1.